The second kappa shape index (κ2) is 8.64. The van der Waals surface area contributed by atoms with Crippen LogP contribution in [0.4, 0.5) is 20.7 Å². The van der Waals surface area contributed by atoms with Crippen LogP contribution in [-0.4, -0.2) is 48.4 Å². The maximum absolute atomic E-state index is 15.1. The molecule has 1 saturated carbocycles. The lowest BCUT2D eigenvalue weighted by Crippen LogP contribution is -2.49. The van der Waals surface area contributed by atoms with E-state index in [1.807, 2.05) is 6.92 Å². The number of rotatable bonds is 3. The largest absolute Gasteiger partial charge is 0.474 e. The molecular formula is C26H28FN5O3. The van der Waals surface area contributed by atoms with E-state index < -0.39 is 6.09 Å². The highest BCUT2D eigenvalue weighted by molar-refractivity contribution is 5.92. The number of fused-ring (bicyclic) bond motifs is 2. The number of hydrogen-bond acceptors (Lipinski definition) is 7. The second-order valence-electron chi connectivity index (χ2n) is 9.81. The van der Waals surface area contributed by atoms with E-state index in [2.05, 4.69) is 25.9 Å². The van der Waals surface area contributed by atoms with Gasteiger partial charge in [0.25, 0.3) is 0 Å². The number of piperidine rings is 1. The molecule has 1 spiro atoms. The molecule has 2 fully saturated rings. The van der Waals surface area contributed by atoms with Crippen LogP contribution in [0.2, 0.25) is 0 Å². The summed E-state index contributed by atoms with van der Waals surface area (Å²) < 4.78 is 26.3. The van der Waals surface area contributed by atoms with Crippen LogP contribution in [0.3, 0.4) is 0 Å². The fourth-order valence-electron chi connectivity index (χ4n) is 5.57. The van der Waals surface area contributed by atoms with Crippen molar-refractivity contribution in [3.05, 3.63) is 42.0 Å². The van der Waals surface area contributed by atoms with Gasteiger partial charge < -0.3 is 20.1 Å². The molecule has 0 unspecified atom stereocenters. The van der Waals surface area contributed by atoms with Gasteiger partial charge in [-0.2, -0.15) is 0 Å². The summed E-state index contributed by atoms with van der Waals surface area (Å²) in [5.41, 5.74) is 3.11. The summed E-state index contributed by atoms with van der Waals surface area (Å²) in [5, 5.41) is 10.8. The number of carbonyl (C=O) groups is 1. The van der Waals surface area contributed by atoms with Gasteiger partial charge in [-0.1, -0.05) is 0 Å². The number of halogens is 1. The normalized spacial score (nSPS) is 18.8. The number of nitrogens with one attached hydrogen (secondary N) is 3. The molecule has 1 saturated heterocycles. The smallest absolute Gasteiger partial charge is 0.413 e. The van der Waals surface area contributed by atoms with Crippen LogP contribution in [0.15, 0.2) is 30.6 Å². The van der Waals surface area contributed by atoms with Crippen LogP contribution in [0, 0.1) is 18.2 Å². The van der Waals surface area contributed by atoms with Gasteiger partial charge >= 0.3 is 6.09 Å². The Morgan fingerprint density at radius 2 is 1.94 bits per heavy atom. The number of amides is 1. The van der Waals surface area contributed by atoms with Crippen LogP contribution in [0.5, 0.6) is 5.88 Å². The molecule has 0 radical (unpaired) electrons. The molecule has 9 heteroatoms. The molecule has 2 aromatic heterocycles. The summed E-state index contributed by atoms with van der Waals surface area (Å²) in [5.74, 6) is 0.537. The van der Waals surface area contributed by atoms with Gasteiger partial charge in [0.2, 0.25) is 5.88 Å². The molecule has 4 heterocycles. The summed E-state index contributed by atoms with van der Waals surface area (Å²) in [4.78, 5) is 21.1. The summed E-state index contributed by atoms with van der Waals surface area (Å²) in [6, 6.07) is 4.95. The van der Waals surface area contributed by atoms with Crippen molar-refractivity contribution < 1.29 is 18.7 Å². The number of aromatic nitrogens is 2. The Hall–Kier alpha value is -3.46. The van der Waals surface area contributed by atoms with Gasteiger partial charge in [-0.05, 0) is 80.3 Å². The van der Waals surface area contributed by atoms with Crippen molar-refractivity contribution in [2.45, 2.75) is 38.7 Å². The van der Waals surface area contributed by atoms with E-state index in [4.69, 9.17) is 9.47 Å². The molecule has 0 bridgehead atoms. The topological polar surface area (TPSA) is 97.4 Å². The number of hydrogen-bond donors (Lipinski definition) is 3. The van der Waals surface area contributed by atoms with Crippen molar-refractivity contribution in [3.63, 3.8) is 0 Å². The molecule has 3 aliphatic rings. The van der Waals surface area contributed by atoms with E-state index >= 15 is 4.39 Å². The SMILES string of the molecule is Cc1c(-c2cc3cc(NC(=O)OC4CC5(CCNCC5)C4)ncc3cc2F)cnc2c1NCCO2. The first-order valence-electron chi connectivity index (χ1n) is 12.1. The average Bonchev–Trinajstić information content (AvgIpc) is 2.84. The zero-order valence-electron chi connectivity index (χ0n) is 19.6. The maximum Gasteiger partial charge on any atom is 0.413 e. The minimum atomic E-state index is -0.506. The first-order valence-corrected chi connectivity index (χ1v) is 12.1. The van der Waals surface area contributed by atoms with Crippen molar-refractivity contribution in [3.8, 4) is 17.0 Å². The molecule has 6 rings (SSSR count). The Balaban J connectivity index is 1.20. The summed E-state index contributed by atoms with van der Waals surface area (Å²) >= 11 is 0. The predicted octanol–water partition coefficient (Wildman–Crippen LogP) is 4.63. The van der Waals surface area contributed by atoms with E-state index in [9.17, 15) is 4.79 Å². The number of pyridine rings is 2. The van der Waals surface area contributed by atoms with Crippen molar-refractivity contribution in [1.82, 2.24) is 15.3 Å². The van der Waals surface area contributed by atoms with Gasteiger partial charge in [0.15, 0.2) is 0 Å². The number of benzene rings is 1. The monoisotopic (exact) mass is 477 g/mol. The molecule has 2 aliphatic heterocycles. The van der Waals surface area contributed by atoms with E-state index in [1.54, 1.807) is 24.5 Å². The molecule has 182 valence electrons. The van der Waals surface area contributed by atoms with Crippen LogP contribution in [-0.2, 0) is 4.74 Å². The predicted molar refractivity (Wildman–Crippen MR) is 131 cm³/mol. The fourth-order valence-corrected chi connectivity index (χ4v) is 5.57. The Labute approximate surface area is 202 Å². The van der Waals surface area contributed by atoms with E-state index in [0.29, 0.717) is 46.8 Å². The number of ether oxygens (including phenoxy) is 2. The Kier molecular flexibility index (Phi) is 5.44. The minimum absolute atomic E-state index is 0.0497. The highest BCUT2D eigenvalue weighted by Crippen LogP contribution is 2.49. The van der Waals surface area contributed by atoms with Gasteiger partial charge in [0, 0.05) is 35.5 Å². The van der Waals surface area contributed by atoms with Gasteiger partial charge in [0.05, 0.1) is 0 Å². The molecule has 3 N–H and O–H groups in total. The quantitative estimate of drug-likeness (QED) is 0.506. The van der Waals surface area contributed by atoms with Crippen LogP contribution in [0.1, 0.15) is 31.2 Å². The van der Waals surface area contributed by atoms with Gasteiger partial charge in [-0.25, -0.2) is 19.2 Å². The van der Waals surface area contributed by atoms with E-state index in [1.165, 1.54) is 6.07 Å². The summed E-state index contributed by atoms with van der Waals surface area (Å²) in [6.07, 6.45) is 6.76. The summed E-state index contributed by atoms with van der Waals surface area (Å²) in [7, 11) is 0. The van der Waals surface area contributed by atoms with Gasteiger partial charge in [-0.15, -0.1) is 0 Å². The zero-order valence-corrected chi connectivity index (χ0v) is 19.6. The van der Waals surface area contributed by atoms with Crippen molar-refractivity contribution in [2.75, 3.05) is 36.9 Å². The minimum Gasteiger partial charge on any atom is -0.474 e. The Morgan fingerprint density at radius 1 is 1.11 bits per heavy atom. The van der Waals surface area contributed by atoms with Crippen LogP contribution >= 0.6 is 0 Å². The number of anilines is 2. The summed E-state index contributed by atoms with van der Waals surface area (Å²) in [6.45, 7) is 5.22. The van der Waals surface area contributed by atoms with Crippen LogP contribution in [0.25, 0.3) is 21.9 Å². The van der Waals surface area contributed by atoms with E-state index in [-0.39, 0.29) is 11.9 Å². The third-order valence-corrected chi connectivity index (χ3v) is 7.53. The Bertz CT molecular complexity index is 1300. The Morgan fingerprint density at radius 3 is 2.77 bits per heavy atom. The van der Waals surface area contributed by atoms with Gasteiger partial charge in [-0.3, -0.25) is 5.32 Å². The van der Waals surface area contributed by atoms with Crippen molar-refractivity contribution in [2.24, 2.45) is 5.41 Å². The average molecular weight is 478 g/mol. The molecule has 1 amide bonds. The maximum atomic E-state index is 15.1. The lowest BCUT2D eigenvalue weighted by atomic mass is 9.62. The highest BCUT2D eigenvalue weighted by Gasteiger charge is 2.46. The standard InChI is InChI=1S/C26H28FN5O3/c1-15-20(14-31-24-23(15)29-6-7-34-24)19-8-16-10-22(30-13-17(16)9-21(19)27)32-25(33)35-18-11-26(12-18)2-4-28-5-3-26/h8-10,13-14,18,28-29H,2-7,11-12H2,1H3,(H,30,32,33). The third kappa shape index (κ3) is 4.14. The fraction of sp³-hybridized carbons (Fsp3) is 0.423. The number of carbonyl (C=O) groups excluding carboxylic acids is 1. The first kappa shape index (κ1) is 22.0. The zero-order chi connectivity index (χ0) is 24.0. The molecule has 8 nitrogen and oxygen atoms in total. The van der Waals surface area contributed by atoms with E-state index in [0.717, 1.165) is 55.4 Å². The molecule has 3 aromatic rings. The first-order chi connectivity index (χ1) is 17.0. The highest BCUT2D eigenvalue weighted by atomic mass is 19.1. The third-order valence-electron chi connectivity index (χ3n) is 7.53. The number of nitrogens with zero attached hydrogens (tertiary/aromatic N) is 2. The lowest BCUT2D eigenvalue weighted by molar-refractivity contribution is -0.0539. The molecule has 1 aliphatic carbocycles. The molecule has 35 heavy (non-hydrogen) atoms. The molecule has 1 aromatic carbocycles. The second-order valence-corrected chi connectivity index (χ2v) is 9.81. The van der Waals surface area contributed by atoms with Crippen molar-refractivity contribution >= 4 is 28.4 Å². The lowest BCUT2D eigenvalue weighted by Gasteiger charge is -2.49. The molecule has 0 atom stereocenters. The van der Waals surface area contributed by atoms with Crippen molar-refractivity contribution in [1.29, 1.82) is 0 Å². The molecular weight excluding hydrogens is 449 g/mol. The van der Waals surface area contributed by atoms with Crippen LogP contribution < -0.4 is 20.7 Å². The van der Waals surface area contributed by atoms with Gasteiger partial charge in [0.1, 0.15) is 30.0 Å².